The summed E-state index contributed by atoms with van der Waals surface area (Å²) in [7, 11) is 3.73. The normalized spacial score (nSPS) is 11.1. The average Bonchev–Trinajstić information content (AvgIpc) is 2.97. The molecule has 0 aliphatic rings. The van der Waals surface area contributed by atoms with E-state index in [0.717, 1.165) is 22.4 Å². The number of amides is 1. The number of hydrogen-bond donors (Lipinski definition) is 1. The number of hydrogen-bond acceptors (Lipinski definition) is 4. The number of rotatable bonds is 6. The van der Waals surface area contributed by atoms with Crippen molar-refractivity contribution in [3.8, 4) is 0 Å². The van der Waals surface area contributed by atoms with Gasteiger partial charge in [-0.15, -0.1) is 0 Å². The van der Waals surface area contributed by atoms with Crippen molar-refractivity contribution in [1.29, 1.82) is 0 Å². The Morgan fingerprint density at radius 2 is 1.96 bits per heavy atom. The van der Waals surface area contributed by atoms with Gasteiger partial charge in [0.05, 0.1) is 24.1 Å². The summed E-state index contributed by atoms with van der Waals surface area (Å²) in [6, 6.07) is 11.8. The average molecular weight is 323 g/mol. The van der Waals surface area contributed by atoms with Crippen LogP contribution < -0.4 is 0 Å². The molecule has 0 atom stereocenters. The van der Waals surface area contributed by atoms with Crippen LogP contribution in [0.4, 0.5) is 0 Å². The third kappa shape index (κ3) is 3.97. The number of aromatic nitrogens is 3. The number of imidazole rings is 1. The molecule has 2 heterocycles. The highest BCUT2D eigenvalue weighted by Crippen LogP contribution is 2.11. The number of carbonyl (C=O) groups is 1. The van der Waals surface area contributed by atoms with Gasteiger partial charge in [0.1, 0.15) is 5.82 Å². The quantitative estimate of drug-likeness (QED) is 0.754. The van der Waals surface area contributed by atoms with Crippen molar-refractivity contribution in [2.45, 2.75) is 13.1 Å². The molecule has 124 valence electrons. The van der Waals surface area contributed by atoms with Crippen LogP contribution in [0.1, 0.15) is 11.4 Å². The van der Waals surface area contributed by atoms with Crippen LogP contribution in [0, 0.1) is 0 Å². The monoisotopic (exact) mass is 323 g/mol. The van der Waals surface area contributed by atoms with Crippen molar-refractivity contribution in [3.63, 3.8) is 0 Å². The fraction of sp³-hybridized carbons (Fsp3) is 0.278. The molecule has 0 fully saturated rings. The van der Waals surface area contributed by atoms with Gasteiger partial charge in [-0.2, -0.15) is 0 Å². The largest absolute Gasteiger partial charge is 0.340 e. The van der Waals surface area contributed by atoms with Gasteiger partial charge in [-0.3, -0.25) is 14.7 Å². The highest BCUT2D eigenvalue weighted by molar-refractivity contribution is 5.78. The van der Waals surface area contributed by atoms with Gasteiger partial charge < -0.3 is 9.88 Å². The molecule has 0 unspecified atom stereocenters. The molecule has 6 heteroatoms. The predicted octanol–water partition coefficient (Wildman–Crippen LogP) is 2.05. The fourth-order valence-corrected chi connectivity index (χ4v) is 2.60. The van der Waals surface area contributed by atoms with Crippen molar-refractivity contribution in [3.05, 3.63) is 60.2 Å². The van der Waals surface area contributed by atoms with Gasteiger partial charge in [0, 0.05) is 26.0 Å². The Kier molecular flexibility index (Phi) is 4.86. The Bertz CT molecular complexity index is 781. The van der Waals surface area contributed by atoms with Crippen LogP contribution in [0.5, 0.6) is 0 Å². The Balaban J connectivity index is 1.56. The molecule has 0 saturated heterocycles. The van der Waals surface area contributed by atoms with Gasteiger partial charge >= 0.3 is 0 Å². The topological polar surface area (TPSA) is 65.1 Å². The molecule has 1 aromatic carbocycles. The number of pyridine rings is 1. The van der Waals surface area contributed by atoms with Crippen LogP contribution in [0.2, 0.25) is 0 Å². The van der Waals surface area contributed by atoms with E-state index < -0.39 is 0 Å². The summed E-state index contributed by atoms with van der Waals surface area (Å²) in [6.07, 6.45) is 3.56. The third-order valence-electron chi connectivity index (χ3n) is 3.83. The molecule has 6 nitrogen and oxygen atoms in total. The van der Waals surface area contributed by atoms with Crippen molar-refractivity contribution in [1.82, 2.24) is 24.8 Å². The van der Waals surface area contributed by atoms with Crippen LogP contribution in [0.3, 0.4) is 0 Å². The third-order valence-corrected chi connectivity index (χ3v) is 3.83. The van der Waals surface area contributed by atoms with E-state index in [4.69, 9.17) is 0 Å². The highest BCUT2D eigenvalue weighted by atomic mass is 16.2. The van der Waals surface area contributed by atoms with Crippen molar-refractivity contribution < 1.29 is 4.79 Å². The zero-order chi connectivity index (χ0) is 16.9. The second-order valence-electron chi connectivity index (χ2n) is 5.98. The van der Waals surface area contributed by atoms with Crippen molar-refractivity contribution >= 4 is 16.9 Å². The Hall–Kier alpha value is -2.73. The lowest BCUT2D eigenvalue weighted by Crippen LogP contribution is -2.36. The van der Waals surface area contributed by atoms with Crippen LogP contribution in [0.15, 0.2) is 48.8 Å². The van der Waals surface area contributed by atoms with E-state index in [9.17, 15) is 4.79 Å². The summed E-state index contributed by atoms with van der Waals surface area (Å²) in [5, 5.41) is 0. The van der Waals surface area contributed by atoms with Gasteiger partial charge in [-0.1, -0.05) is 18.2 Å². The molecule has 0 spiro atoms. The molecule has 2 aromatic heterocycles. The van der Waals surface area contributed by atoms with Gasteiger partial charge in [-0.25, -0.2) is 4.98 Å². The molecule has 0 saturated carbocycles. The van der Waals surface area contributed by atoms with Crippen LogP contribution in [0.25, 0.3) is 11.0 Å². The summed E-state index contributed by atoms with van der Waals surface area (Å²) in [5.74, 6) is 0.851. The standard InChI is InChI=1S/C18H21N5O/c1-22(11-14-6-5-9-19-10-14)13-18(24)23(2)12-17-20-15-7-3-4-8-16(15)21-17/h3-10H,11-13H2,1-2H3,(H,20,21). The van der Waals surface area contributed by atoms with E-state index in [1.54, 1.807) is 18.1 Å². The SMILES string of the molecule is CN(CC(=O)N(C)Cc1nc2ccccc2[nH]1)Cc1cccnc1. The van der Waals surface area contributed by atoms with Crippen molar-refractivity contribution in [2.24, 2.45) is 0 Å². The van der Waals surface area contributed by atoms with Crippen LogP contribution in [-0.4, -0.2) is 51.3 Å². The van der Waals surface area contributed by atoms with Gasteiger partial charge in [-0.05, 0) is 30.8 Å². The molecule has 1 amide bonds. The zero-order valence-corrected chi connectivity index (χ0v) is 13.9. The first-order chi connectivity index (χ1) is 11.6. The van der Waals surface area contributed by atoms with E-state index in [1.807, 2.05) is 54.5 Å². The molecule has 0 aliphatic heterocycles. The van der Waals surface area contributed by atoms with Gasteiger partial charge in [0.2, 0.25) is 5.91 Å². The van der Waals surface area contributed by atoms with Crippen LogP contribution >= 0.6 is 0 Å². The van der Waals surface area contributed by atoms with Gasteiger partial charge in [0.25, 0.3) is 0 Å². The number of carbonyl (C=O) groups excluding carboxylic acids is 1. The molecular weight excluding hydrogens is 302 g/mol. The minimum atomic E-state index is 0.0573. The number of benzene rings is 1. The Morgan fingerprint density at radius 1 is 1.12 bits per heavy atom. The summed E-state index contributed by atoms with van der Waals surface area (Å²) in [5.41, 5.74) is 3.00. The summed E-state index contributed by atoms with van der Waals surface area (Å²) >= 11 is 0. The number of nitrogens with zero attached hydrogens (tertiary/aromatic N) is 4. The molecule has 3 rings (SSSR count). The van der Waals surface area contributed by atoms with Gasteiger partial charge in [0.15, 0.2) is 0 Å². The fourth-order valence-electron chi connectivity index (χ4n) is 2.60. The maximum Gasteiger partial charge on any atom is 0.236 e. The molecular formula is C18H21N5O. The second kappa shape index (κ2) is 7.23. The highest BCUT2D eigenvalue weighted by Gasteiger charge is 2.14. The van der Waals surface area contributed by atoms with E-state index >= 15 is 0 Å². The molecule has 24 heavy (non-hydrogen) atoms. The minimum absolute atomic E-state index is 0.0573. The Morgan fingerprint density at radius 3 is 2.71 bits per heavy atom. The molecule has 0 bridgehead atoms. The number of fused-ring (bicyclic) bond motifs is 1. The van der Waals surface area contributed by atoms with E-state index in [0.29, 0.717) is 19.6 Å². The molecule has 0 radical (unpaired) electrons. The first kappa shape index (κ1) is 16.1. The molecule has 0 aliphatic carbocycles. The number of aromatic amines is 1. The molecule has 1 N–H and O–H groups in total. The Labute approximate surface area is 141 Å². The summed E-state index contributed by atoms with van der Waals surface area (Å²) < 4.78 is 0. The van der Waals surface area contributed by atoms with Crippen molar-refractivity contribution in [2.75, 3.05) is 20.6 Å². The number of H-pyrrole nitrogens is 1. The first-order valence-corrected chi connectivity index (χ1v) is 7.87. The lowest BCUT2D eigenvalue weighted by atomic mass is 10.2. The van der Waals surface area contributed by atoms with E-state index in [-0.39, 0.29) is 5.91 Å². The number of para-hydroxylation sites is 2. The van der Waals surface area contributed by atoms with E-state index in [2.05, 4.69) is 15.0 Å². The summed E-state index contributed by atoms with van der Waals surface area (Å²) in [4.78, 5) is 27.9. The lowest BCUT2D eigenvalue weighted by Gasteiger charge is -2.21. The predicted molar refractivity (Wildman–Crippen MR) is 93.1 cm³/mol. The summed E-state index contributed by atoms with van der Waals surface area (Å²) in [6.45, 7) is 1.51. The number of likely N-dealkylation sites (N-methyl/N-ethyl adjacent to an activating group) is 2. The van der Waals surface area contributed by atoms with E-state index in [1.165, 1.54) is 0 Å². The number of nitrogens with one attached hydrogen (secondary N) is 1. The maximum atomic E-state index is 12.4. The first-order valence-electron chi connectivity index (χ1n) is 7.87. The lowest BCUT2D eigenvalue weighted by molar-refractivity contribution is -0.131. The van der Waals surface area contributed by atoms with Crippen LogP contribution in [-0.2, 0) is 17.9 Å². The zero-order valence-electron chi connectivity index (χ0n) is 13.9. The second-order valence-corrected chi connectivity index (χ2v) is 5.98. The maximum absolute atomic E-state index is 12.4. The molecule has 3 aromatic rings. The minimum Gasteiger partial charge on any atom is -0.340 e. The smallest absolute Gasteiger partial charge is 0.236 e.